The van der Waals surface area contributed by atoms with Gasteiger partial charge in [-0.1, -0.05) is 0 Å². The molecule has 1 aliphatic rings. The molecule has 1 fully saturated rings. The molecule has 1 saturated heterocycles. The Labute approximate surface area is 105 Å². The van der Waals surface area contributed by atoms with E-state index in [1.54, 1.807) is 0 Å². The van der Waals surface area contributed by atoms with Crippen LogP contribution in [0.5, 0.6) is 0 Å². The zero-order valence-corrected chi connectivity index (χ0v) is 10.3. The molecule has 1 aromatic carbocycles. The Balaban J connectivity index is 2.06. The average molecular weight is 255 g/mol. The second-order valence-corrected chi connectivity index (χ2v) is 4.59. The minimum Gasteiger partial charge on any atom is -0.376 e. The van der Waals surface area contributed by atoms with Crippen LogP contribution in [0.25, 0.3) is 0 Å². The summed E-state index contributed by atoms with van der Waals surface area (Å²) in [4.78, 5) is 12.1. The molecule has 0 aromatic heterocycles. The molecule has 3 nitrogen and oxygen atoms in total. The van der Waals surface area contributed by atoms with Crippen molar-refractivity contribution in [2.75, 3.05) is 6.61 Å². The van der Waals surface area contributed by atoms with E-state index in [9.17, 15) is 9.18 Å². The molecule has 0 saturated carbocycles. The highest BCUT2D eigenvalue weighted by molar-refractivity contribution is 7.80. The number of ether oxygens (including phenoxy) is 1. The summed E-state index contributed by atoms with van der Waals surface area (Å²) in [6, 6.07) is 4.14. The lowest BCUT2D eigenvalue weighted by molar-refractivity contribution is 0.0866. The van der Waals surface area contributed by atoms with Crippen molar-refractivity contribution in [2.24, 2.45) is 0 Å². The maximum Gasteiger partial charge on any atom is 0.251 e. The first-order chi connectivity index (χ1) is 8.08. The van der Waals surface area contributed by atoms with Crippen LogP contribution in [0.4, 0.5) is 4.39 Å². The summed E-state index contributed by atoms with van der Waals surface area (Å²) in [5, 5.41) is 2.87. The zero-order valence-electron chi connectivity index (χ0n) is 9.44. The van der Waals surface area contributed by atoms with Crippen molar-refractivity contribution in [1.82, 2.24) is 5.32 Å². The van der Waals surface area contributed by atoms with Gasteiger partial charge < -0.3 is 10.1 Å². The molecule has 17 heavy (non-hydrogen) atoms. The Bertz CT molecular complexity index is 439. The van der Waals surface area contributed by atoms with Gasteiger partial charge in [0, 0.05) is 17.1 Å². The molecular formula is C12H14FNO2S. The number of rotatable bonds is 2. The predicted octanol–water partition coefficient (Wildman–Crippen LogP) is 2.02. The van der Waals surface area contributed by atoms with E-state index in [0.717, 1.165) is 6.42 Å². The minimum atomic E-state index is -0.428. The van der Waals surface area contributed by atoms with Gasteiger partial charge in [-0.15, -0.1) is 12.6 Å². The van der Waals surface area contributed by atoms with Crippen molar-refractivity contribution < 1.29 is 13.9 Å². The Kier molecular flexibility index (Phi) is 3.69. The standard InChI is InChI=1S/C12H14FNO2S/c1-7-10(4-5-16-7)14-12(15)8-2-3-9(13)11(17)6-8/h2-3,6-7,10,17H,4-5H2,1H3,(H,14,15). The summed E-state index contributed by atoms with van der Waals surface area (Å²) in [5.74, 6) is -0.648. The fraction of sp³-hybridized carbons (Fsp3) is 0.417. The van der Waals surface area contributed by atoms with E-state index in [0.29, 0.717) is 12.2 Å². The highest BCUT2D eigenvalue weighted by atomic mass is 32.1. The van der Waals surface area contributed by atoms with E-state index < -0.39 is 5.82 Å². The van der Waals surface area contributed by atoms with E-state index in [2.05, 4.69) is 17.9 Å². The van der Waals surface area contributed by atoms with Gasteiger partial charge in [-0.05, 0) is 31.5 Å². The summed E-state index contributed by atoms with van der Waals surface area (Å²) < 4.78 is 18.4. The normalized spacial score (nSPS) is 23.7. The first kappa shape index (κ1) is 12.4. The van der Waals surface area contributed by atoms with Crippen molar-refractivity contribution in [3.05, 3.63) is 29.6 Å². The van der Waals surface area contributed by atoms with E-state index >= 15 is 0 Å². The molecule has 2 unspecified atom stereocenters. The van der Waals surface area contributed by atoms with E-state index in [1.165, 1.54) is 18.2 Å². The van der Waals surface area contributed by atoms with Gasteiger partial charge in [0.25, 0.3) is 5.91 Å². The number of amides is 1. The summed E-state index contributed by atoms with van der Waals surface area (Å²) in [6.45, 7) is 2.58. The largest absolute Gasteiger partial charge is 0.376 e. The Morgan fingerprint density at radius 2 is 2.35 bits per heavy atom. The third-order valence-electron chi connectivity index (χ3n) is 2.90. The summed E-state index contributed by atoms with van der Waals surface area (Å²) in [5.41, 5.74) is 0.413. The van der Waals surface area contributed by atoms with Crippen LogP contribution in [0.3, 0.4) is 0 Å². The SMILES string of the molecule is CC1OCCC1NC(=O)c1ccc(F)c(S)c1. The molecule has 1 amide bonds. The molecule has 0 radical (unpaired) electrons. The molecule has 2 rings (SSSR count). The van der Waals surface area contributed by atoms with Crippen LogP contribution in [-0.4, -0.2) is 24.7 Å². The maximum atomic E-state index is 13.0. The average Bonchev–Trinajstić information content (AvgIpc) is 2.68. The Morgan fingerprint density at radius 1 is 1.59 bits per heavy atom. The second-order valence-electron chi connectivity index (χ2n) is 4.11. The quantitative estimate of drug-likeness (QED) is 0.794. The van der Waals surface area contributed by atoms with Crippen molar-refractivity contribution in [3.8, 4) is 0 Å². The number of thiol groups is 1. The number of halogens is 1. The number of hydrogen-bond donors (Lipinski definition) is 2. The van der Waals surface area contributed by atoms with Crippen molar-refractivity contribution >= 4 is 18.5 Å². The molecule has 2 atom stereocenters. The first-order valence-electron chi connectivity index (χ1n) is 5.49. The predicted molar refractivity (Wildman–Crippen MR) is 64.9 cm³/mol. The topological polar surface area (TPSA) is 38.3 Å². The van der Waals surface area contributed by atoms with Crippen LogP contribution in [0.15, 0.2) is 23.1 Å². The molecule has 92 valence electrons. The molecule has 5 heteroatoms. The van der Waals surface area contributed by atoms with Gasteiger partial charge >= 0.3 is 0 Å². The monoisotopic (exact) mass is 255 g/mol. The minimum absolute atomic E-state index is 0.0230. The fourth-order valence-electron chi connectivity index (χ4n) is 1.83. The Hall–Kier alpha value is -1.07. The highest BCUT2D eigenvalue weighted by Crippen LogP contribution is 2.16. The van der Waals surface area contributed by atoms with Crippen molar-refractivity contribution in [3.63, 3.8) is 0 Å². The van der Waals surface area contributed by atoms with E-state index in [1.807, 2.05) is 6.92 Å². The van der Waals surface area contributed by atoms with Crippen LogP contribution < -0.4 is 5.32 Å². The first-order valence-corrected chi connectivity index (χ1v) is 5.93. The molecule has 1 aromatic rings. The van der Waals surface area contributed by atoms with Gasteiger partial charge in [0.05, 0.1) is 12.1 Å². The Morgan fingerprint density at radius 3 is 2.94 bits per heavy atom. The van der Waals surface area contributed by atoms with Crippen LogP contribution in [-0.2, 0) is 4.74 Å². The number of carbonyl (C=O) groups excluding carboxylic acids is 1. The highest BCUT2D eigenvalue weighted by Gasteiger charge is 2.26. The van der Waals surface area contributed by atoms with Gasteiger partial charge in [-0.25, -0.2) is 4.39 Å². The lowest BCUT2D eigenvalue weighted by Gasteiger charge is -2.16. The number of nitrogens with one attached hydrogen (secondary N) is 1. The van der Waals surface area contributed by atoms with Crippen LogP contribution in [0.1, 0.15) is 23.7 Å². The molecule has 1 aliphatic heterocycles. The third-order valence-corrected chi connectivity index (χ3v) is 3.24. The number of benzene rings is 1. The van der Waals surface area contributed by atoms with Gasteiger partial charge in [0.2, 0.25) is 0 Å². The van der Waals surface area contributed by atoms with E-state index in [4.69, 9.17) is 4.74 Å². The second kappa shape index (κ2) is 5.06. The molecular weight excluding hydrogens is 241 g/mol. The molecule has 0 aliphatic carbocycles. The van der Waals surface area contributed by atoms with E-state index in [-0.39, 0.29) is 22.9 Å². The number of carbonyl (C=O) groups is 1. The van der Waals surface area contributed by atoms with Crippen molar-refractivity contribution in [2.45, 2.75) is 30.4 Å². The van der Waals surface area contributed by atoms with Crippen molar-refractivity contribution in [1.29, 1.82) is 0 Å². The molecule has 1 heterocycles. The zero-order chi connectivity index (χ0) is 12.4. The van der Waals surface area contributed by atoms with Crippen LogP contribution >= 0.6 is 12.6 Å². The lowest BCUT2D eigenvalue weighted by Crippen LogP contribution is -2.39. The third kappa shape index (κ3) is 2.79. The number of hydrogen-bond acceptors (Lipinski definition) is 3. The molecule has 0 bridgehead atoms. The van der Waals surface area contributed by atoms with Gasteiger partial charge in [0.1, 0.15) is 5.82 Å². The summed E-state index contributed by atoms with van der Waals surface area (Å²) >= 11 is 3.95. The van der Waals surface area contributed by atoms with Gasteiger partial charge in [-0.3, -0.25) is 4.79 Å². The summed E-state index contributed by atoms with van der Waals surface area (Å²) in [6.07, 6.45) is 0.830. The summed E-state index contributed by atoms with van der Waals surface area (Å²) in [7, 11) is 0. The smallest absolute Gasteiger partial charge is 0.251 e. The maximum absolute atomic E-state index is 13.0. The van der Waals surface area contributed by atoms with Crippen LogP contribution in [0.2, 0.25) is 0 Å². The fourth-order valence-corrected chi connectivity index (χ4v) is 2.04. The van der Waals surface area contributed by atoms with Gasteiger partial charge in [0.15, 0.2) is 0 Å². The molecule has 0 spiro atoms. The molecule has 1 N–H and O–H groups in total. The lowest BCUT2D eigenvalue weighted by atomic mass is 10.1. The van der Waals surface area contributed by atoms with Gasteiger partial charge in [-0.2, -0.15) is 0 Å². The van der Waals surface area contributed by atoms with Crippen LogP contribution in [0, 0.1) is 5.82 Å².